The summed E-state index contributed by atoms with van der Waals surface area (Å²) in [6.07, 6.45) is 1.02. The summed E-state index contributed by atoms with van der Waals surface area (Å²) in [4.78, 5) is 0. The molecule has 2 aliphatic heterocycles. The first kappa shape index (κ1) is 11.6. The summed E-state index contributed by atoms with van der Waals surface area (Å²) in [6, 6.07) is 8.55. The second-order valence-electron chi connectivity index (χ2n) is 5.25. The molecule has 20 heavy (non-hydrogen) atoms. The lowest BCUT2D eigenvalue weighted by Crippen LogP contribution is -2.24. The van der Waals surface area contributed by atoms with Gasteiger partial charge in [-0.05, 0) is 31.0 Å². The molecular formula is C15H17N3O2. The molecule has 0 fully saturated rings. The Hall–Kier alpha value is -2.17. The van der Waals surface area contributed by atoms with Crippen molar-refractivity contribution in [2.75, 3.05) is 25.1 Å². The van der Waals surface area contributed by atoms with Crippen molar-refractivity contribution in [3.05, 3.63) is 35.5 Å². The van der Waals surface area contributed by atoms with E-state index in [9.17, 15) is 0 Å². The van der Waals surface area contributed by atoms with Crippen molar-refractivity contribution in [2.45, 2.75) is 19.4 Å². The molecule has 5 heteroatoms. The Bertz CT molecular complexity index is 651. The van der Waals surface area contributed by atoms with Crippen molar-refractivity contribution < 1.29 is 9.47 Å². The molecule has 1 atom stereocenters. The van der Waals surface area contributed by atoms with Gasteiger partial charge >= 0.3 is 0 Å². The smallest absolute Gasteiger partial charge is 0.161 e. The number of hydrogen-bond acceptors (Lipinski definition) is 4. The zero-order chi connectivity index (χ0) is 13.5. The van der Waals surface area contributed by atoms with Gasteiger partial charge in [-0.1, -0.05) is 6.07 Å². The van der Waals surface area contributed by atoms with Crippen molar-refractivity contribution in [3.8, 4) is 11.5 Å². The minimum Gasteiger partial charge on any atom is -0.486 e. The van der Waals surface area contributed by atoms with Gasteiger partial charge < -0.3 is 14.8 Å². The molecule has 0 amide bonds. The van der Waals surface area contributed by atoms with E-state index in [0.29, 0.717) is 13.2 Å². The highest BCUT2D eigenvalue weighted by Gasteiger charge is 2.24. The van der Waals surface area contributed by atoms with Gasteiger partial charge in [0, 0.05) is 12.6 Å². The summed E-state index contributed by atoms with van der Waals surface area (Å²) in [5.41, 5.74) is 2.26. The zero-order valence-corrected chi connectivity index (χ0v) is 11.4. The number of ether oxygens (including phenoxy) is 2. The van der Waals surface area contributed by atoms with Gasteiger partial charge in [0.15, 0.2) is 11.5 Å². The molecule has 0 saturated heterocycles. The lowest BCUT2D eigenvalue weighted by molar-refractivity contribution is 0.171. The molecule has 5 nitrogen and oxygen atoms in total. The quantitative estimate of drug-likeness (QED) is 0.865. The fourth-order valence-corrected chi connectivity index (χ4v) is 2.92. The number of aromatic nitrogens is 2. The molecule has 1 N–H and O–H groups in total. The Balaban J connectivity index is 1.74. The first-order valence-electron chi connectivity index (χ1n) is 7.01. The molecule has 1 aromatic heterocycles. The second-order valence-corrected chi connectivity index (χ2v) is 5.25. The van der Waals surface area contributed by atoms with E-state index < -0.39 is 0 Å². The summed E-state index contributed by atoms with van der Waals surface area (Å²) >= 11 is 0. The van der Waals surface area contributed by atoms with Crippen LogP contribution in [0, 0.1) is 6.92 Å². The van der Waals surface area contributed by atoms with Gasteiger partial charge in [-0.2, -0.15) is 5.10 Å². The van der Waals surface area contributed by atoms with Crippen molar-refractivity contribution in [1.82, 2.24) is 9.78 Å². The van der Waals surface area contributed by atoms with E-state index in [1.807, 2.05) is 13.0 Å². The van der Waals surface area contributed by atoms with Gasteiger partial charge in [0.1, 0.15) is 19.0 Å². The van der Waals surface area contributed by atoms with Gasteiger partial charge in [0.2, 0.25) is 0 Å². The fraction of sp³-hybridized carbons (Fsp3) is 0.400. The van der Waals surface area contributed by atoms with Crippen LogP contribution in [0.1, 0.15) is 23.7 Å². The first-order valence-corrected chi connectivity index (χ1v) is 7.01. The molecule has 1 aromatic carbocycles. The highest BCUT2D eigenvalue weighted by atomic mass is 16.6. The standard InChI is InChI=1S/C15H17N3O2/c1-10-8-15-16-5-4-12(18(15)17-10)11-2-3-13-14(9-11)20-7-6-19-13/h2-3,8-9,12,16H,4-7H2,1H3. The minimum absolute atomic E-state index is 0.260. The van der Waals surface area contributed by atoms with E-state index in [4.69, 9.17) is 9.47 Å². The summed E-state index contributed by atoms with van der Waals surface area (Å²) in [6.45, 7) is 4.23. The van der Waals surface area contributed by atoms with E-state index in [1.165, 1.54) is 5.56 Å². The van der Waals surface area contributed by atoms with Crippen molar-refractivity contribution >= 4 is 5.82 Å². The van der Waals surface area contributed by atoms with Crippen LogP contribution in [-0.4, -0.2) is 29.5 Å². The minimum atomic E-state index is 0.260. The van der Waals surface area contributed by atoms with Crippen LogP contribution >= 0.6 is 0 Å². The molecule has 0 aliphatic carbocycles. The summed E-state index contributed by atoms with van der Waals surface area (Å²) in [7, 11) is 0. The molecule has 2 aromatic rings. The molecule has 0 bridgehead atoms. The van der Waals surface area contributed by atoms with Gasteiger partial charge in [0.25, 0.3) is 0 Å². The van der Waals surface area contributed by atoms with Gasteiger partial charge in [0.05, 0.1) is 11.7 Å². The Morgan fingerprint density at radius 3 is 2.95 bits per heavy atom. The lowest BCUT2D eigenvalue weighted by Gasteiger charge is -2.27. The van der Waals surface area contributed by atoms with E-state index in [1.54, 1.807) is 0 Å². The van der Waals surface area contributed by atoms with E-state index in [-0.39, 0.29) is 6.04 Å². The molecule has 0 saturated carbocycles. The molecule has 3 heterocycles. The Kier molecular flexibility index (Phi) is 2.58. The summed E-state index contributed by atoms with van der Waals surface area (Å²) in [5.74, 6) is 2.78. The number of nitrogens with zero attached hydrogens (tertiary/aromatic N) is 2. The fourth-order valence-electron chi connectivity index (χ4n) is 2.92. The largest absolute Gasteiger partial charge is 0.486 e. The number of aryl methyl sites for hydroxylation is 1. The number of anilines is 1. The Morgan fingerprint density at radius 1 is 1.20 bits per heavy atom. The highest BCUT2D eigenvalue weighted by molar-refractivity contribution is 5.47. The maximum absolute atomic E-state index is 5.68. The third-order valence-electron chi connectivity index (χ3n) is 3.83. The maximum atomic E-state index is 5.68. The average molecular weight is 271 g/mol. The number of benzene rings is 1. The Morgan fingerprint density at radius 2 is 2.05 bits per heavy atom. The van der Waals surface area contributed by atoms with Crippen LogP contribution in [0.15, 0.2) is 24.3 Å². The second kappa shape index (κ2) is 4.44. The molecule has 0 radical (unpaired) electrons. The predicted octanol–water partition coefficient (Wildman–Crippen LogP) is 2.37. The SMILES string of the molecule is Cc1cc2n(n1)C(c1ccc3c(c1)OCCO3)CCN2. The van der Waals surface area contributed by atoms with E-state index in [0.717, 1.165) is 36.0 Å². The lowest BCUT2D eigenvalue weighted by atomic mass is 10.0. The topological polar surface area (TPSA) is 48.3 Å². The van der Waals surface area contributed by atoms with Gasteiger partial charge in [-0.3, -0.25) is 0 Å². The first-order chi connectivity index (χ1) is 9.81. The average Bonchev–Trinajstić information content (AvgIpc) is 2.86. The number of rotatable bonds is 1. The predicted molar refractivity (Wildman–Crippen MR) is 75.6 cm³/mol. The molecule has 1 unspecified atom stereocenters. The van der Waals surface area contributed by atoms with Gasteiger partial charge in [-0.25, -0.2) is 4.68 Å². The summed E-state index contributed by atoms with van der Waals surface area (Å²) < 4.78 is 13.3. The van der Waals surface area contributed by atoms with Crippen LogP contribution in [-0.2, 0) is 0 Å². The monoisotopic (exact) mass is 271 g/mol. The van der Waals surface area contributed by atoms with Gasteiger partial charge in [-0.15, -0.1) is 0 Å². The van der Waals surface area contributed by atoms with Crippen LogP contribution in [0.25, 0.3) is 0 Å². The van der Waals surface area contributed by atoms with Crippen LogP contribution in [0.5, 0.6) is 11.5 Å². The summed E-state index contributed by atoms with van der Waals surface area (Å²) in [5, 5.41) is 7.99. The molecule has 0 spiro atoms. The highest BCUT2D eigenvalue weighted by Crippen LogP contribution is 2.36. The van der Waals surface area contributed by atoms with Crippen molar-refractivity contribution in [1.29, 1.82) is 0 Å². The number of fused-ring (bicyclic) bond motifs is 2. The molecule has 2 aliphatic rings. The third-order valence-corrected chi connectivity index (χ3v) is 3.83. The molecule has 4 rings (SSSR count). The van der Waals surface area contributed by atoms with Crippen LogP contribution in [0.2, 0.25) is 0 Å². The normalized spacial score (nSPS) is 20.1. The van der Waals surface area contributed by atoms with E-state index >= 15 is 0 Å². The van der Waals surface area contributed by atoms with Crippen molar-refractivity contribution in [3.63, 3.8) is 0 Å². The number of nitrogens with one attached hydrogen (secondary N) is 1. The van der Waals surface area contributed by atoms with E-state index in [2.05, 4.69) is 33.3 Å². The molecular weight excluding hydrogens is 254 g/mol. The van der Waals surface area contributed by atoms with Crippen LogP contribution in [0.4, 0.5) is 5.82 Å². The third kappa shape index (κ3) is 1.81. The van der Waals surface area contributed by atoms with Crippen LogP contribution in [0.3, 0.4) is 0 Å². The van der Waals surface area contributed by atoms with Crippen molar-refractivity contribution in [2.24, 2.45) is 0 Å². The zero-order valence-electron chi connectivity index (χ0n) is 11.4. The Labute approximate surface area is 117 Å². The maximum Gasteiger partial charge on any atom is 0.161 e. The number of hydrogen-bond donors (Lipinski definition) is 1. The molecule has 104 valence electrons. The van der Waals surface area contributed by atoms with Crippen LogP contribution < -0.4 is 14.8 Å².